The van der Waals surface area contributed by atoms with Crippen molar-refractivity contribution in [3.05, 3.63) is 29.2 Å². The van der Waals surface area contributed by atoms with Crippen LogP contribution in [0.2, 0.25) is 0 Å². The quantitative estimate of drug-likeness (QED) is 0.756. The topological polar surface area (TPSA) is 105 Å². The summed E-state index contributed by atoms with van der Waals surface area (Å²) < 4.78 is 31.4. The van der Waals surface area contributed by atoms with E-state index in [1.807, 2.05) is 0 Å². The van der Waals surface area contributed by atoms with Crippen molar-refractivity contribution in [1.29, 1.82) is 0 Å². The van der Waals surface area contributed by atoms with Crippen molar-refractivity contribution < 1.29 is 18.0 Å². The van der Waals surface area contributed by atoms with Gasteiger partial charge in [0.2, 0.25) is 15.9 Å². The number of hydrogen-bond donors (Lipinski definition) is 2. The second-order valence-corrected chi connectivity index (χ2v) is 6.84. The normalized spacial score (nSPS) is 11.8. The summed E-state index contributed by atoms with van der Waals surface area (Å²) >= 11 is 1.15. The number of sulfonamides is 1. The Balaban J connectivity index is 1.93. The van der Waals surface area contributed by atoms with E-state index in [1.165, 1.54) is 12.4 Å². The van der Waals surface area contributed by atoms with Gasteiger partial charge in [-0.25, -0.2) is 13.1 Å². The molecule has 2 N–H and O–H groups in total. The van der Waals surface area contributed by atoms with E-state index >= 15 is 0 Å². The molecule has 19 heavy (non-hydrogen) atoms. The summed E-state index contributed by atoms with van der Waals surface area (Å²) in [6.07, 6.45) is 2.07. The summed E-state index contributed by atoms with van der Waals surface area (Å²) in [5.41, 5.74) is 0. The van der Waals surface area contributed by atoms with Crippen molar-refractivity contribution in [3.63, 3.8) is 0 Å². The van der Waals surface area contributed by atoms with Crippen LogP contribution in [0.5, 0.6) is 0 Å². The van der Waals surface area contributed by atoms with Crippen LogP contribution in [0.15, 0.2) is 27.2 Å². The van der Waals surface area contributed by atoms with E-state index in [-0.39, 0.29) is 17.4 Å². The van der Waals surface area contributed by atoms with Crippen LogP contribution >= 0.6 is 11.3 Å². The molecule has 0 unspecified atom stereocenters. The molecular formula is C10H13N3O4S2. The number of aliphatic hydroxyl groups excluding tert-OH is 1. The Morgan fingerprint density at radius 1 is 1.37 bits per heavy atom. The molecule has 0 saturated heterocycles. The molecule has 2 aromatic heterocycles. The fraction of sp³-hybridized carbons (Fsp3) is 0.400. The number of thiophene rings is 1. The first-order valence-electron chi connectivity index (χ1n) is 5.56. The van der Waals surface area contributed by atoms with Gasteiger partial charge in [0.1, 0.15) is 4.21 Å². The zero-order valence-electron chi connectivity index (χ0n) is 9.94. The van der Waals surface area contributed by atoms with Gasteiger partial charge < -0.3 is 9.63 Å². The Labute approximate surface area is 114 Å². The van der Waals surface area contributed by atoms with Gasteiger partial charge in [0, 0.05) is 30.9 Å². The molecule has 0 aromatic carbocycles. The number of aromatic nitrogens is 2. The lowest BCUT2D eigenvalue weighted by Gasteiger charge is -2.02. The third-order valence-corrected chi connectivity index (χ3v) is 5.40. The van der Waals surface area contributed by atoms with E-state index in [2.05, 4.69) is 14.9 Å². The molecule has 0 radical (unpaired) electrons. The summed E-state index contributed by atoms with van der Waals surface area (Å²) in [6.45, 7) is 0.197. The van der Waals surface area contributed by atoms with Gasteiger partial charge in [0.25, 0.3) is 0 Å². The first kappa shape index (κ1) is 14.1. The van der Waals surface area contributed by atoms with E-state index < -0.39 is 10.0 Å². The lowest BCUT2D eigenvalue weighted by atomic mass is 10.4. The molecule has 7 nitrogen and oxygen atoms in total. The van der Waals surface area contributed by atoms with Crippen LogP contribution in [0.25, 0.3) is 0 Å². The summed E-state index contributed by atoms with van der Waals surface area (Å²) in [6, 6.07) is 3.23. The van der Waals surface area contributed by atoms with E-state index in [0.717, 1.165) is 16.2 Å². The minimum Gasteiger partial charge on any atom is -0.396 e. The van der Waals surface area contributed by atoms with Crippen molar-refractivity contribution in [3.8, 4) is 0 Å². The number of rotatable bonds is 7. The van der Waals surface area contributed by atoms with Crippen LogP contribution in [-0.2, 0) is 22.9 Å². The Morgan fingerprint density at radius 3 is 2.89 bits per heavy atom. The van der Waals surface area contributed by atoms with Crippen LogP contribution in [0.4, 0.5) is 0 Å². The minimum absolute atomic E-state index is 0.00456. The van der Waals surface area contributed by atoms with Gasteiger partial charge in [-0.05, 0) is 12.1 Å². The maximum absolute atomic E-state index is 11.9. The van der Waals surface area contributed by atoms with Crippen LogP contribution in [0.1, 0.15) is 10.8 Å². The third kappa shape index (κ3) is 3.83. The number of nitrogens with one attached hydrogen (secondary N) is 1. The van der Waals surface area contributed by atoms with Gasteiger partial charge in [-0.2, -0.15) is 4.98 Å². The highest BCUT2D eigenvalue weighted by atomic mass is 32.2. The van der Waals surface area contributed by atoms with Crippen LogP contribution in [-0.4, -0.2) is 36.8 Å². The lowest BCUT2D eigenvalue weighted by Crippen LogP contribution is -2.25. The molecule has 2 heterocycles. The predicted octanol–water partition coefficient (Wildman–Crippen LogP) is 0.187. The van der Waals surface area contributed by atoms with Crippen molar-refractivity contribution >= 4 is 21.4 Å². The van der Waals surface area contributed by atoms with Gasteiger partial charge in [-0.15, -0.1) is 11.3 Å². The lowest BCUT2D eigenvalue weighted by molar-refractivity contribution is 0.300. The maximum atomic E-state index is 11.9. The highest BCUT2D eigenvalue weighted by Crippen LogP contribution is 2.21. The Bertz CT molecular complexity index is 607. The van der Waals surface area contributed by atoms with Crippen LogP contribution in [0, 0.1) is 0 Å². The molecule has 0 fully saturated rings. The fourth-order valence-corrected chi connectivity index (χ4v) is 3.84. The van der Waals surface area contributed by atoms with Crippen molar-refractivity contribution in [2.75, 3.05) is 13.2 Å². The molecule has 9 heteroatoms. The third-order valence-electron chi connectivity index (χ3n) is 2.30. The molecule has 0 aliphatic carbocycles. The molecule has 0 spiro atoms. The average molecular weight is 303 g/mol. The largest absolute Gasteiger partial charge is 0.396 e. The molecule has 0 aliphatic rings. The highest BCUT2D eigenvalue weighted by molar-refractivity contribution is 7.91. The van der Waals surface area contributed by atoms with Gasteiger partial charge >= 0.3 is 0 Å². The van der Waals surface area contributed by atoms with Gasteiger partial charge in [0.15, 0.2) is 6.33 Å². The molecule has 2 aromatic rings. The SMILES string of the molecule is O=S(=O)(NCCc1ncno1)c1ccc(CCO)s1. The van der Waals surface area contributed by atoms with Crippen molar-refractivity contribution in [2.24, 2.45) is 0 Å². The Morgan fingerprint density at radius 2 is 2.21 bits per heavy atom. The number of nitrogens with zero attached hydrogens (tertiary/aromatic N) is 2. The first-order chi connectivity index (χ1) is 9.12. The summed E-state index contributed by atoms with van der Waals surface area (Å²) in [7, 11) is -3.51. The smallest absolute Gasteiger partial charge is 0.250 e. The molecular weight excluding hydrogens is 290 g/mol. The molecule has 0 aliphatic heterocycles. The second-order valence-electron chi connectivity index (χ2n) is 3.68. The minimum atomic E-state index is -3.51. The van der Waals surface area contributed by atoms with Crippen LogP contribution < -0.4 is 4.72 Å². The molecule has 0 saturated carbocycles. The van der Waals surface area contributed by atoms with Crippen LogP contribution in [0.3, 0.4) is 0 Å². The number of hydrogen-bond acceptors (Lipinski definition) is 7. The number of aliphatic hydroxyl groups is 1. The second kappa shape index (κ2) is 6.24. The zero-order chi connectivity index (χ0) is 13.7. The van der Waals surface area contributed by atoms with Gasteiger partial charge in [-0.3, -0.25) is 0 Å². The first-order valence-corrected chi connectivity index (χ1v) is 7.86. The van der Waals surface area contributed by atoms with E-state index in [4.69, 9.17) is 9.63 Å². The zero-order valence-corrected chi connectivity index (χ0v) is 11.6. The van der Waals surface area contributed by atoms with Crippen molar-refractivity contribution in [2.45, 2.75) is 17.1 Å². The predicted molar refractivity (Wildman–Crippen MR) is 68.3 cm³/mol. The molecule has 0 atom stereocenters. The maximum Gasteiger partial charge on any atom is 0.250 e. The molecule has 0 bridgehead atoms. The summed E-state index contributed by atoms with van der Waals surface area (Å²) in [5, 5.41) is 12.2. The van der Waals surface area contributed by atoms with Crippen molar-refractivity contribution in [1.82, 2.24) is 14.9 Å². The van der Waals surface area contributed by atoms with E-state index in [0.29, 0.717) is 18.7 Å². The molecule has 0 amide bonds. The molecule has 104 valence electrons. The summed E-state index contributed by atoms with van der Waals surface area (Å²) in [4.78, 5) is 4.63. The Kier molecular flexibility index (Phi) is 4.64. The highest BCUT2D eigenvalue weighted by Gasteiger charge is 2.16. The molecule has 2 rings (SSSR count). The Hall–Kier alpha value is -1.29. The average Bonchev–Trinajstić information content (AvgIpc) is 3.00. The van der Waals surface area contributed by atoms with E-state index in [9.17, 15) is 8.42 Å². The van der Waals surface area contributed by atoms with E-state index in [1.54, 1.807) is 6.07 Å². The summed E-state index contributed by atoms with van der Waals surface area (Å²) in [5.74, 6) is 0.384. The fourth-order valence-electron chi connectivity index (χ4n) is 1.42. The monoisotopic (exact) mass is 303 g/mol. The van der Waals surface area contributed by atoms with Gasteiger partial charge in [0.05, 0.1) is 0 Å². The van der Waals surface area contributed by atoms with Gasteiger partial charge in [-0.1, -0.05) is 5.16 Å². The standard InChI is InChI=1S/C10H13N3O4S2/c14-6-4-8-1-2-10(18-8)19(15,16)13-5-3-9-11-7-12-17-9/h1-2,7,13-14H,3-6H2.